The summed E-state index contributed by atoms with van der Waals surface area (Å²) in [6, 6.07) is 29.9. The number of hydrogen-bond donors (Lipinski definition) is 0. The summed E-state index contributed by atoms with van der Waals surface area (Å²) in [6.07, 6.45) is 32.4. The van der Waals surface area contributed by atoms with E-state index in [1.165, 1.54) is 165 Å². The molecule has 8 aliphatic rings. The van der Waals surface area contributed by atoms with Crippen molar-refractivity contribution in [2.24, 2.45) is 59.2 Å². The van der Waals surface area contributed by atoms with E-state index >= 15 is 0 Å². The number of ether oxygens (including phenoxy) is 6. The van der Waals surface area contributed by atoms with Crippen LogP contribution in [0.4, 0.5) is 30.7 Å². The molecule has 0 radical (unpaired) electrons. The highest BCUT2D eigenvalue weighted by Crippen LogP contribution is 2.28. The Labute approximate surface area is 723 Å². The summed E-state index contributed by atoms with van der Waals surface area (Å²) < 4.78 is 120. The zero-order chi connectivity index (χ0) is 89.9. The largest absolute Gasteiger partial charge is 0.378 e. The van der Waals surface area contributed by atoms with Gasteiger partial charge in [-0.1, -0.05) is 214 Å². The summed E-state index contributed by atoms with van der Waals surface area (Å²) in [5.41, 5.74) is 12.3. The van der Waals surface area contributed by atoms with Gasteiger partial charge in [0.25, 0.3) is 0 Å². The molecule has 4 heterocycles. The quantitative estimate of drug-likeness (QED) is 0.112. The van der Waals surface area contributed by atoms with Gasteiger partial charge in [0.05, 0.1) is 38.6 Å². The van der Waals surface area contributed by atoms with E-state index in [2.05, 4.69) is 159 Å². The molecular formula is C106H165F7O6. The number of benzene rings is 6. The summed E-state index contributed by atoms with van der Waals surface area (Å²) in [5.74, 6) is 5.58. The third kappa shape index (κ3) is 55.5. The van der Waals surface area contributed by atoms with Crippen molar-refractivity contribution in [1.82, 2.24) is 0 Å². The summed E-state index contributed by atoms with van der Waals surface area (Å²) in [4.78, 5) is 0. The van der Waals surface area contributed by atoms with Gasteiger partial charge >= 0.3 is 0 Å². The van der Waals surface area contributed by atoms with Crippen molar-refractivity contribution < 1.29 is 60.6 Å². The average Bonchev–Trinajstić information content (AvgIpc) is 0.813. The van der Waals surface area contributed by atoms with Gasteiger partial charge in [0.2, 0.25) is 0 Å². The van der Waals surface area contributed by atoms with Crippen LogP contribution in [0.1, 0.15) is 282 Å². The minimum Gasteiger partial charge on any atom is -0.378 e. The molecule has 0 bridgehead atoms. The van der Waals surface area contributed by atoms with Gasteiger partial charge in [-0.15, -0.1) is 0 Å². The highest BCUT2D eigenvalue weighted by atomic mass is 19.2. The van der Waals surface area contributed by atoms with Crippen LogP contribution in [-0.2, 0) is 28.4 Å². The van der Waals surface area contributed by atoms with Crippen LogP contribution in [-0.4, -0.2) is 64.4 Å². The monoisotopic (exact) mass is 1670 g/mol. The molecule has 8 atom stereocenters. The Kier molecular flexibility index (Phi) is 58.5. The van der Waals surface area contributed by atoms with Gasteiger partial charge in [-0.3, -0.25) is 0 Å². The molecule has 6 aromatic rings. The third-order valence-corrected chi connectivity index (χ3v) is 22.0. The molecule has 0 spiro atoms. The molecule has 8 unspecified atom stereocenters. The Morgan fingerprint density at radius 1 is 0.252 bits per heavy atom. The second-order valence-corrected chi connectivity index (χ2v) is 36.1. The van der Waals surface area contributed by atoms with Crippen LogP contribution >= 0.6 is 0 Å². The molecule has 13 heteroatoms. The average molecular weight is 1670 g/mol. The van der Waals surface area contributed by atoms with E-state index in [1.807, 2.05) is 52.8 Å². The third-order valence-electron chi connectivity index (χ3n) is 22.0. The molecular weight excluding hydrogens is 1500 g/mol. The fraction of sp³-hybridized carbons (Fsp3) is 0.604. The summed E-state index contributed by atoms with van der Waals surface area (Å²) in [6.45, 7) is 61.8. The van der Waals surface area contributed by atoms with Crippen LogP contribution in [0.2, 0.25) is 0 Å². The minimum atomic E-state index is -0.736. The van der Waals surface area contributed by atoms with Gasteiger partial charge in [-0.05, 0) is 329 Å². The van der Waals surface area contributed by atoms with Crippen molar-refractivity contribution in [2.45, 2.75) is 321 Å². The first kappa shape index (κ1) is 111. The number of rotatable bonds is 0. The zero-order valence-corrected chi connectivity index (χ0v) is 79.4. The van der Waals surface area contributed by atoms with Gasteiger partial charge < -0.3 is 28.4 Å². The van der Waals surface area contributed by atoms with E-state index in [9.17, 15) is 30.7 Å². The van der Waals surface area contributed by atoms with E-state index in [0.717, 1.165) is 104 Å². The van der Waals surface area contributed by atoms with Gasteiger partial charge in [-0.2, -0.15) is 0 Å². The molecule has 0 aromatic heterocycles. The number of aryl methyl sites for hydroxylation is 11. The molecule has 5 fully saturated rings. The van der Waals surface area contributed by atoms with Crippen molar-refractivity contribution in [2.75, 3.05) is 39.6 Å². The highest BCUT2D eigenvalue weighted by molar-refractivity contribution is 5.27. The first-order valence-electron chi connectivity index (χ1n) is 44.7. The predicted octanol–water partition coefficient (Wildman–Crippen LogP) is 31.7. The second-order valence-electron chi connectivity index (χ2n) is 36.1. The number of halogens is 7. The molecule has 6 aromatic carbocycles. The van der Waals surface area contributed by atoms with E-state index in [0.29, 0.717) is 57.4 Å². The van der Waals surface area contributed by atoms with Crippen LogP contribution < -0.4 is 0 Å². The maximum Gasteiger partial charge on any atom is 0.161 e. The highest BCUT2D eigenvalue weighted by Gasteiger charge is 2.18. The van der Waals surface area contributed by atoms with Crippen molar-refractivity contribution in [3.05, 3.63) is 246 Å². The molecule has 0 N–H and O–H groups in total. The summed E-state index contributed by atoms with van der Waals surface area (Å²) >= 11 is 0. The van der Waals surface area contributed by atoms with E-state index in [4.69, 9.17) is 28.4 Å². The molecule has 14 rings (SSSR count). The maximum atomic E-state index is 12.6. The molecule has 1 saturated carbocycles. The Morgan fingerprint density at radius 3 is 0.731 bits per heavy atom. The fourth-order valence-electron chi connectivity index (χ4n) is 12.4. The standard InChI is InChI=1S/2C8H8F2.3C8H9F.C8H16.3C8H14.C8H10.2C7H14O.2C6H12O2.H2/c1-5-3-7(9)6(2)8(10)4-5;1-5-3-4-6(2)8(10)7(5)9;3*1-6-3-4-7(2)8(9)5-6;5*1-7-3-5-8(2)6-4-7;2*1-6-3-4-7(2)8-5-6;2*1-5-3-7-6(2)8-4-5;/h2*3-4H,1-2H3;3*3-5H,1-2H3;7-8H,3-6H2,1-2H3;2*3,8H,4-6H2,1-2H3;3,5,7-8H,4,6H2,1-2H3;3-6H,1-2H3;2*6-7H,3-5H2,1-2H3;2*5-6H,3-4H2,1-2H3;1H. The Bertz CT molecular complexity index is 3350. The van der Waals surface area contributed by atoms with Crippen molar-refractivity contribution in [3.63, 3.8) is 0 Å². The second kappa shape index (κ2) is 62.8. The molecule has 674 valence electrons. The lowest BCUT2D eigenvalue weighted by atomic mass is 9.84. The van der Waals surface area contributed by atoms with Gasteiger partial charge in [-0.25, -0.2) is 30.7 Å². The van der Waals surface area contributed by atoms with Crippen LogP contribution in [0, 0.1) is 183 Å². The van der Waals surface area contributed by atoms with Crippen molar-refractivity contribution in [3.8, 4) is 0 Å². The molecule has 4 saturated heterocycles. The lowest BCUT2D eigenvalue weighted by Gasteiger charge is -2.24. The van der Waals surface area contributed by atoms with Crippen LogP contribution in [0.15, 0.2) is 139 Å². The van der Waals surface area contributed by atoms with E-state index in [1.54, 1.807) is 69.2 Å². The molecule has 4 aliphatic heterocycles. The van der Waals surface area contributed by atoms with Crippen LogP contribution in [0.25, 0.3) is 0 Å². The lowest BCUT2D eigenvalue weighted by Crippen LogP contribution is -2.27. The molecule has 119 heavy (non-hydrogen) atoms. The first-order valence-corrected chi connectivity index (χ1v) is 44.7. The molecule has 6 nitrogen and oxygen atoms in total. The number of hydrogen-bond acceptors (Lipinski definition) is 6. The van der Waals surface area contributed by atoms with Gasteiger partial charge in [0.1, 0.15) is 29.1 Å². The number of allylic oxidation sites excluding steroid dienone is 6. The molecule has 4 aliphatic carbocycles. The Morgan fingerprint density at radius 2 is 0.513 bits per heavy atom. The van der Waals surface area contributed by atoms with Crippen LogP contribution in [0.3, 0.4) is 0 Å². The molecule has 0 amide bonds. The lowest BCUT2D eigenvalue weighted by molar-refractivity contribution is -0.187. The minimum absolute atomic E-state index is 0. The van der Waals surface area contributed by atoms with E-state index < -0.39 is 23.3 Å². The zero-order valence-electron chi connectivity index (χ0n) is 79.4. The van der Waals surface area contributed by atoms with Crippen LogP contribution in [0.5, 0.6) is 0 Å². The Balaban J connectivity index is 0.00000127. The van der Waals surface area contributed by atoms with Crippen molar-refractivity contribution in [1.29, 1.82) is 0 Å². The maximum absolute atomic E-state index is 12.6. The summed E-state index contributed by atoms with van der Waals surface area (Å²) in [5, 5.41) is 0. The first-order chi connectivity index (χ1) is 55.9. The fourth-order valence-corrected chi connectivity index (χ4v) is 12.4. The topological polar surface area (TPSA) is 55.4 Å². The van der Waals surface area contributed by atoms with Gasteiger partial charge in [0, 0.05) is 32.0 Å². The normalized spacial score (nSPS) is 24.4. The van der Waals surface area contributed by atoms with Gasteiger partial charge in [0.15, 0.2) is 24.2 Å². The smallest absolute Gasteiger partial charge is 0.161 e. The van der Waals surface area contributed by atoms with Crippen molar-refractivity contribution >= 4 is 0 Å². The van der Waals surface area contributed by atoms with E-state index in [-0.39, 0.29) is 37.0 Å². The SMILES string of the molecule is CC1=CCC(C)CC1.CC1=CCC(C)CC1.CC1C=CC(C)CC1.CC1CCC(C)CC1.CC1CCC(C)OC1.CC1CCC(C)OC1.CC1COC(C)OC1.CC1COC(C)OC1.Cc1cc(F)c(C)c(F)c1.Cc1ccc(C)c(F)c1.Cc1ccc(C)c(F)c1.Cc1ccc(C)c(F)c1.Cc1ccc(C)c(F)c1F.Cc1ccc(C)cc1.[HH]. The summed E-state index contributed by atoms with van der Waals surface area (Å²) in [7, 11) is 0. The predicted molar refractivity (Wildman–Crippen MR) is 493 cm³/mol. The Hall–Kier alpha value is -6.19.